The lowest BCUT2D eigenvalue weighted by molar-refractivity contribution is 1.07. The monoisotopic (exact) mass is 1640 g/mol. The Hall–Kier alpha value is -17.9. The van der Waals surface area contributed by atoms with Crippen LogP contribution in [0.3, 0.4) is 0 Å². The molecule has 0 atom stereocenters. The highest BCUT2D eigenvalue weighted by Gasteiger charge is 2.28. The maximum atomic E-state index is 5.65. The lowest BCUT2D eigenvalue weighted by atomic mass is 10.0. The predicted octanol–water partition coefficient (Wildman–Crippen LogP) is 24.9. The van der Waals surface area contributed by atoms with Crippen LogP contribution in [0.4, 0.5) is 0 Å². The topological polar surface area (TPSA) is 216 Å². The predicted molar refractivity (Wildman–Crippen MR) is 507 cm³/mol. The molecule has 128 heavy (non-hydrogen) atoms. The van der Waals surface area contributed by atoms with Gasteiger partial charge in [-0.1, -0.05) is 303 Å². The normalized spacial score (nSPS) is 11.4. The van der Waals surface area contributed by atoms with Crippen LogP contribution in [-0.2, 0) is 0 Å². The Labute approximate surface area is 734 Å². The zero-order chi connectivity index (χ0) is 84.8. The molecule has 0 spiro atoms. The molecule has 598 valence electrons. The van der Waals surface area contributed by atoms with Crippen LogP contribution in [0.2, 0.25) is 0 Å². The summed E-state index contributed by atoms with van der Waals surface area (Å²) in [5, 5.41) is 3.56. The van der Waals surface area contributed by atoms with Gasteiger partial charge in [0.2, 0.25) is 0 Å². The van der Waals surface area contributed by atoms with Crippen molar-refractivity contribution in [1.29, 1.82) is 0 Å². The molecule has 0 aliphatic heterocycles. The molecule has 0 saturated heterocycles. The number of nitrogens with zero attached hydrogens (tertiary/aromatic N) is 18. The fourth-order valence-electron chi connectivity index (χ4n) is 16.7. The molecular formula is C110H68N18. The second-order valence-corrected chi connectivity index (χ2v) is 30.9. The van der Waals surface area contributed by atoms with Crippen molar-refractivity contribution >= 4 is 43.6 Å². The number of benzene rings is 15. The molecule has 0 amide bonds. The molecule has 0 unspecified atom stereocenters. The first kappa shape index (κ1) is 75.1. The largest absolute Gasteiger partial charge is 0.309 e. The summed E-state index contributed by atoms with van der Waals surface area (Å²) in [5.41, 5.74) is 18.7. The van der Waals surface area contributed by atoms with E-state index in [4.69, 9.17) is 79.7 Å². The fraction of sp³-hybridized carbons (Fsp3) is 0. The van der Waals surface area contributed by atoms with Crippen LogP contribution >= 0.6 is 0 Å². The van der Waals surface area contributed by atoms with Crippen LogP contribution in [0.1, 0.15) is 0 Å². The molecule has 0 bridgehead atoms. The van der Waals surface area contributed by atoms with Crippen molar-refractivity contribution in [3.05, 3.63) is 413 Å². The Morgan fingerprint density at radius 3 is 0.531 bits per heavy atom. The van der Waals surface area contributed by atoms with E-state index in [1.165, 1.54) is 0 Å². The molecule has 0 radical (unpaired) electrons. The lowest BCUT2D eigenvalue weighted by Crippen LogP contribution is -2.05. The summed E-state index contributed by atoms with van der Waals surface area (Å²) in [6.45, 7) is 0. The molecule has 0 fully saturated rings. The average molecular weight is 1640 g/mol. The molecule has 23 rings (SSSR count). The zero-order valence-electron chi connectivity index (χ0n) is 68.3. The molecule has 0 saturated carbocycles. The molecule has 0 N–H and O–H groups in total. The van der Waals surface area contributed by atoms with E-state index in [-0.39, 0.29) is 0 Å². The highest BCUT2D eigenvalue weighted by Crippen LogP contribution is 2.46. The van der Waals surface area contributed by atoms with Crippen molar-refractivity contribution in [2.24, 2.45) is 0 Å². The number of rotatable bonds is 18. The molecule has 8 aromatic heterocycles. The van der Waals surface area contributed by atoms with E-state index in [1.54, 1.807) is 0 Å². The van der Waals surface area contributed by atoms with E-state index in [0.29, 0.717) is 98.6 Å². The van der Waals surface area contributed by atoms with E-state index in [2.05, 4.69) is 106 Å². The first-order valence-corrected chi connectivity index (χ1v) is 42.0. The van der Waals surface area contributed by atoms with Crippen molar-refractivity contribution < 1.29 is 0 Å². The average Bonchev–Trinajstić information content (AvgIpc) is 1.56. The third-order valence-corrected chi connectivity index (χ3v) is 22.8. The first-order valence-electron chi connectivity index (χ1n) is 42.0. The fourth-order valence-corrected chi connectivity index (χ4v) is 16.7. The molecule has 18 nitrogen and oxygen atoms in total. The highest BCUT2D eigenvalue weighted by molar-refractivity contribution is 6.14. The quantitative estimate of drug-likeness (QED) is 0.0780. The summed E-state index contributed by atoms with van der Waals surface area (Å²) in [5.74, 6) is 7.79. The summed E-state index contributed by atoms with van der Waals surface area (Å²) in [6.07, 6.45) is 1.86. The summed E-state index contributed by atoms with van der Waals surface area (Å²) in [4.78, 5) is 84.6. The van der Waals surface area contributed by atoms with Gasteiger partial charge < -0.3 is 9.13 Å². The standard InChI is InChI=1S/C110H68N18/c1-11-32-69(33-12-1)96-112-97(70-34-13-2-14-35-70)118-106(117-96)79-53-58-89-84(64-79)85-65-80(107-119-98(71-36-15-3-16-37-71)113-99(120-107)72-38-17-4-18-39-72)54-59-90(85)127(89)93-62-57-83(110-125-104(77-48-27-9-28-49-77)116-105(126-110)78-50-29-10-30-51-78)68-88(93)95-94(52-31-63-111-95)128-91-60-55-81(108-121-100(73-40-19-5-20-41-73)114-101(122-108)74-42-21-6-22-43-74)66-86(91)87-67-82(56-61-92(87)128)109-123-102(75-44-23-7-24-45-75)115-103(124-109)76-46-25-8-26-47-76/h1-68H. The van der Waals surface area contributed by atoms with Crippen LogP contribution in [0.25, 0.3) is 237 Å². The van der Waals surface area contributed by atoms with E-state index < -0.39 is 0 Å². The second-order valence-electron chi connectivity index (χ2n) is 30.9. The van der Waals surface area contributed by atoms with Crippen molar-refractivity contribution in [2.75, 3.05) is 0 Å². The summed E-state index contributed by atoms with van der Waals surface area (Å²) < 4.78 is 4.64. The van der Waals surface area contributed by atoms with Gasteiger partial charge in [0, 0.05) is 117 Å². The molecule has 0 aliphatic rings. The van der Waals surface area contributed by atoms with Gasteiger partial charge in [0.15, 0.2) is 87.4 Å². The van der Waals surface area contributed by atoms with Gasteiger partial charge in [-0.3, -0.25) is 4.98 Å². The van der Waals surface area contributed by atoms with Gasteiger partial charge in [0.25, 0.3) is 0 Å². The third-order valence-electron chi connectivity index (χ3n) is 22.8. The third kappa shape index (κ3) is 14.3. The van der Waals surface area contributed by atoms with Crippen LogP contribution in [0, 0.1) is 0 Å². The van der Waals surface area contributed by atoms with Crippen molar-refractivity contribution in [1.82, 2.24) is 88.9 Å². The van der Waals surface area contributed by atoms with Crippen molar-refractivity contribution in [3.63, 3.8) is 0 Å². The lowest BCUT2D eigenvalue weighted by Gasteiger charge is -2.19. The van der Waals surface area contributed by atoms with Gasteiger partial charge in [-0.2, -0.15) is 0 Å². The Bertz CT molecular complexity index is 7490. The number of pyridine rings is 1. The van der Waals surface area contributed by atoms with Crippen LogP contribution < -0.4 is 0 Å². The van der Waals surface area contributed by atoms with E-state index in [1.807, 2.05) is 316 Å². The van der Waals surface area contributed by atoms with Gasteiger partial charge in [-0.25, -0.2) is 74.8 Å². The van der Waals surface area contributed by atoms with Crippen LogP contribution in [-0.4, -0.2) is 88.9 Å². The summed E-state index contributed by atoms with van der Waals surface area (Å²) in [7, 11) is 0. The van der Waals surface area contributed by atoms with Gasteiger partial charge >= 0.3 is 0 Å². The van der Waals surface area contributed by atoms with Gasteiger partial charge in [-0.05, 0) is 103 Å². The number of hydrogen-bond acceptors (Lipinski definition) is 16. The van der Waals surface area contributed by atoms with Crippen molar-refractivity contribution in [2.45, 2.75) is 0 Å². The minimum absolute atomic E-state index is 0.453. The number of fused-ring (bicyclic) bond motifs is 6. The maximum Gasteiger partial charge on any atom is 0.164 e. The maximum absolute atomic E-state index is 5.65. The van der Waals surface area contributed by atoms with Crippen LogP contribution in [0.15, 0.2) is 413 Å². The Balaban J connectivity index is 0.789. The minimum atomic E-state index is 0.453. The second kappa shape index (κ2) is 32.5. The highest BCUT2D eigenvalue weighted by atomic mass is 15.1. The Morgan fingerprint density at radius 2 is 0.320 bits per heavy atom. The van der Waals surface area contributed by atoms with Gasteiger partial charge in [0.1, 0.15) is 0 Å². The van der Waals surface area contributed by atoms with Crippen LogP contribution in [0.5, 0.6) is 0 Å². The Kier molecular flexibility index (Phi) is 19.1. The molecule has 0 aliphatic carbocycles. The summed E-state index contributed by atoms with van der Waals surface area (Å²) >= 11 is 0. The van der Waals surface area contributed by atoms with E-state index in [0.717, 1.165) is 138 Å². The molecule has 8 heterocycles. The Morgan fingerprint density at radius 1 is 0.141 bits per heavy atom. The van der Waals surface area contributed by atoms with E-state index >= 15 is 0 Å². The number of hydrogen-bond donors (Lipinski definition) is 0. The number of aromatic nitrogens is 18. The molecule has 15 aromatic carbocycles. The summed E-state index contributed by atoms with van der Waals surface area (Å²) in [6, 6.07) is 137. The minimum Gasteiger partial charge on any atom is -0.309 e. The molecular weight excluding hydrogens is 1570 g/mol. The first-order chi connectivity index (χ1) is 63.4. The molecule has 23 aromatic rings. The van der Waals surface area contributed by atoms with Gasteiger partial charge in [0.05, 0.1) is 39.1 Å². The van der Waals surface area contributed by atoms with Gasteiger partial charge in [-0.15, -0.1) is 0 Å². The van der Waals surface area contributed by atoms with Crippen molar-refractivity contribution in [3.8, 4) is 193 Å². The zero-order valence-corrected chi connectivity index (χ0v) is 68.3. The smallest absolute Gasteiger partial charge is 0.164 e. The van der Waals surface area contributed by atoms with E-state index in [9.17, 15) is 0 Å². The molecule has 18 heteroatoms. The SMILES string of the molecule is c1ccc(-c2nc(-c3ccccc3)nc(-c3ccc(-n4c5ccc(-c6nc(-c7ccccc7)nc(-c7ccccc7)n6)cc5c5cc(-c6nc(-c7ccccc7)nc(-c7ccccc7)n6)ccc54)c(-c4ncccc4-n4c5ccc(-c6nc(-c7ccccc7)nc(-c7ccccc7)n6)cc5c5cc(-c6nc(-c7ccccc7)nc(-c7ccccc7)n6)ccc54)c3)n2)cc1.